The first-order chi connectivity index (χ1) is 15.4. The van der Waals surface area contributed by atoms with Crippen molar-refractivity contribution in [3.8, 4) is 28.3 Å². The van der Waals surface area contributed by atoms with Gasteiger partial charge in [-0.25, -0.2) is 4.79 Å². The highest BCUT2D eigenvalue weighted by atomic mass is 16.5. The van der Waals surface area contributed by atoms with Crippen molar-refractivity contribution in [1.82, 2.24) is 25.6 Å². The van der Waals surface area contributed by atoms with Crippen LogP contribution in [0.25, 0.3) is 22.5 Å². The van der Waals surface area contributed by atoms with Crippen LogP contribution in [0.1, 0.15) is 47.1 Å². The summed E-state index contributed by atoms with van der Waals surface area (Å²) < 4.78 is 5.99. The van der Waals surface area contributed by atoms with Gasteiger partial charge in [0.2, 0.25) is 5.82 Å². The highest BCUT2D eigenvalue weighted by Crippen LogP contribution is 2.32. The zero-order valence-corrected chi connectivity index (χ0v) is 18.0. The topological polar surface area (TPSA) is 114 Å². The average molecular weight is 429 g/mol. The average Bonchev–Trinajstić information content (AvgIpc) is 3.32. The Morgan fingerprint density at radius 1 is 1.09 bits per heavy atom. The predicted octanol–water partition coefficient (Wildman–Crippen LogP) is 4.64. The molecule has 2 aromatic heterocycles. The fourth-order valence-corrected chi connectivity index (χ4v) is 3.59. The van der Waals surface area contributed by atoms with Gasteiger partial charge in [-0.2, -0.15) is 5.21 Å². The van der Waals surface area contributed by atoms with Gasteiger partial charge in [0, 0.05) is 17.3 Å². The molecule has 8 heteroatoms. The van der Waals surface area contributed by atoms with Gasteiger partial charge in [0.15, 0.2) is 0 Å². The minimum absolute atomic E-state index is 0.0432. The van der Waals surface area contributed by atoms with Crippen molar-refractivity contribution in [2.45, 2.75) is 33.3 Å². The second kappa shape index (κ2) is 8.97. The minimum Gasteiger partial charge on any atom is -0.488 e. The Kier molecular flexibility index (Phi) is 5.93. The molecule has 0 spiro atoms. The summed E-state index contributed by atoms with van der Waals surface area (Å²) in [7, 11) is 0. The van der Waals surface area contributed by atoms with E-state index in [1.807, 2.05) is 69.3 Å². The molecule has 0 radical (unpaired) electrons. The number of rotatable bonds is 7. The summed E-state index contributed by atoms with van der Waals surface area (Å²) in [4.78, 5) is 16.3. The Labute approximate surface area is 185 Å². The second-order valence-electron chi connectivity index (χ2n) is 7.75. The number of benzene rings is 2. The van der Waals surface area contributed by atoms with Crippen LogP contribution < -0.4 is 4.74 Å². The van der Waals surface area contributed by atoms with Crippen molar-refractivity contribution in [2.75, 3.05) is 0 Å². The van der Waals surface area contributed by atoms with E-state index in [9.17, 15) is 9.90 Å². The van der Waals surface area contributed by atoms with Crippen LogP contribution in [0.15, 0.2) is 54.6 Å². The van der Waals surface area contributed by atoms with E-state index in [1.165, 1.54) is 0 Å². The molecule has 0 saturated carbocycles. The number of aromatic nitrogens is 5. The summed E-state index contributed by atoms with van der Waals surface area (Å²) in [5, 5.41) is 24.2. The van der Waals surface area contributed by atoms with Gasteiger partial charge in [-0.1, -0.05) is 56.3 Å². The number of tetrazole rings is 1. The third-order valence-corrected chi connectivity index (χ3v) is 5.05. The van der Waals surface area contributed by atoms with E-state index >= 15 is 0 Å². The van der Waals surface area contributed by atoms with Crippen LogP contribution >= 0.6 is 0 Å². The standard InChI is InChI=1S/C24H23N5O3/c1-14(2)22-21(24(30)31)20(11-15(3)25-22)32-13-16-9-10-18(17-7-5-4-6-8-17)19(12-16)23-26-28-29-27-23/h4-12,14H,13H2,1-3H3,(H,30,31)(H,26,27,28,29). The number of nitrogens with zero attached hydrogens (tertiary/aromatic N) is 4. The van der Waals surface area contributed by atoms with Gasteiger partial charge in [0.05, 0.1) is 5.69 Å². The molecule has 0 unspecified atom stereocenters. The first-order valence-corrected chi connectivity index (χ1v) is 10.2. The van der Waals surface area contributed by atoms with Gasteiger partial charge in [-0.15, -0.1) is 10.2 Å². The zero-order chi connectivity index (χ0) is 22.7. The van der Waals surface area contributed by atoms with E-state index < -0.39 is 5.97 Å². The fourth-order valence-electron chi connectivity index (χ4n) is 3.59. The van der Waals surface area contributed by atoms with Crippen LogP contribution in [0, 0.1) is 6.92 Å². The Morgan fingerprint density at radius 2 is 1.88 bits per heavy atom. The van der Waals surface area contributed by atoms with Gasteiger partial charge < -0.3 is 9.84 Å². The molecule has 2 aromatic carbocycles. The Hall–Kier alpha value is -4.07. The number of pyridine rings is 1. The number of H-pyrrole nitrogens is 1. The zero-order valence-electron chi connectivity index (χ0n) is 18.0. The van der Waals surface area contributed by atoms with Gasteiger partial charge >= 0.3 is 5.97 Å². The Bertz CT molecular complexity index is 1240. The lowest BCUT2D eigenvalue weighted by molar-refractivity contribution is 0.0689. The fraction of sp³-hybridized carbons (Fsp3) is 0.208. The molecular formula is C24H23N5O3. The molecule has 4 rings (SSSR count). The molecule has 2 heterocycles. The molecule has 0 saturated heterocycles. The lowest BCUT2D eigenvalue weighted by atomic mass is 9.97. The van der Waals surface area contributed by atoms with Crippen LogP contribution in [0.4, 0.5) is 0 Å². The van der Waals surface area contributed by atoms with Crippen LogP contribution in [-0.2, 0) is 6.61 Å². The maximum atomic E-state index is 11.9. The van der Waals surface area contributed by atoms with Crippen molar-refractivity contribution >= 4 is 5.97 Å². The number of ether oxygens (including phenoxy) is 1. The van der Waals surface area contributed by atoms with Crippen LogP contribution in [0.5, 0.6) is 5.75 Å². The normalized spacial score (nSPS) is 11.0. The highest BCUT2D eigenvalue weighted by molar-refractivity contribution is 5.92. The third kappa shape index (κ3) is 4.34. The van der Waals surface area contributed by atoms with E-state index in [2.05, 4.69) is 25.6 Å². The summed E-state index contributed by atoms with van der Waals surface area (Å²) in [6, 6.07) is 17.5. The SMILES string of the molecule is Cc1cc(OCc2ccc(-c3ccccc3)c(-c3nn[nH]n3)c2)c(C(=O)O)c(C(C)C)n1. The number of nitrogens with one attached hydrogen (secondary N) is 1. The van der Waals surface area contributed by atoms with Crippen molar-refractivity contribution < 1.29 is 14.6 Å². The highest BCUT2D eigenvalue weighted by Gasteiger charge is 2.22. The van der Waals surface area contributed by atoms with E-state index in [4.69, 9.17) is 4.74 Å². The van der Waals surface area contributed by atoms with Gasteiger partial charge in [-0.05, 0) is 40.8 Å². The van der Waals surface area contributed by atoms with Crippen LogP contribution in [-0.4, -0.2) is 36.7 Å². The summed E-state index contributed by atoms with van der Waals surface area (Å²) in [6.07, 6.45) is 0. The van der Waals surface area contributed by atoms with Crippen molar-refractivity contribution in [3.63, 3.8) is 0 Å². The number of aryl methyl sites for hydroxylation is 1. The van der Waals surface area contributed by atoms with E-state index in [1.54, 1.807) is 6.07 Å². The van der Waals surface area contributed by atoms with Crippen molar-refractivity contribution in [3.05, 3.63) is 77.1 Å². The van der Waals surface area contributed by atoms with Crippen LogP contribution in [0.2, 0.25) is 0 Å². The molecule has 0 amide bonds. The van der Waals surface area contributed by atoms with E-state index in [-0.39, 0.29) is 18.1 Å². The molecule has 0 bridgehead atoms. The first kappa shape index (κ1) is 21.2. The van der Waals surface area contributed by atoms with E-state index in [0.717, 1.165) is 22.3 Å². The number of hydrogen-bond acceptors (Lipinski definition) is 6. The van der Waals surface area contributed by atoms with Gasteiger partial charge in [0.1, 0.15) is 17.9 Å². The second-order valence-corrected chi connectivity index (χ2v) is 7.75. The molecule has 2 N–H and O–H groups in total. The molecule has 0 atom stereocenters. The molecule has 0 aliphatic heterocycles. The quantitative estimate of drug-likeness (QED) is 0.440. The summed E-state index contributed by atoms with van der Waals surface area (Å²) >= 11 is 0. The number of carboxylic acid groups (broad SMARTS) is 1. The first-order valence-electron chi connectivity index (χ1n) is 10.2. The number of carboxylic acids is 1. The molecule has 32 heavy (non-hydrogen) atoms. The monoisotopic (exact) mass is 429 g/mol. The van der Waals surface area contributed by atoms with E-state index in [0.29, 0.717) is 23.0 Å². The molecule has 0 fully saturated rings. The largest absolute Gasteiger partial charge is 0.488 e. The van der Waals surface area contributed by atoms with Gasteiger partial charge in [0.25, 0.3) is 0 Å². The number of aromatic amines is 1. The van der Waals surface area contributed by atoms with Gasteiger partial charge in [-0.3, -0.25) is 4.98 Å². The lowest BCUT2D eigenvalue weighted by Gasteiger charge is -2.16. The smallest absolute Gasteiger partial charge is 0.341 e. The molecule has 8 nitrogen and oxygen atoms in total. The number of aromatic carboxylic acids is 1. The Balaban J connectivity index is 1.70. The van der Waals surface area contributed by atoms with Crippen LogP contribution in [0.3, 0.4) is 0 Å². The maximum absolute atomic E-state index is 11.9. The Morgan fingerprint density at radius 3 is 2.53 bits per heavy atom. The number of hydrogen-bond donors (Lipinski definition) is 2. The predicted molar refractivity (Wildman–Crippen MR) is 119 cm³/mol. The minimum atomic E-state index is -1.05. The molecule has 0 aliphatic rings. The molecule has 162 valence electrons. The summed E-state index contributed by atoms with van der Waals surface area (Å²) in [5.41, 5.74) is 4.97. The summed E-state index contributed by atoms with van der Waals surface area (Å²) in [6.45, 7) is 5.84. The maximum Gasteiger partial charge on any atom is 0.341 e. The molecule has 4 aromatic rings. The molecule has 0 aliphatic carbocycles. The van der Waals surface area contributed by atoms with Crippen molar-refractivity contribution in [1.29, 1.82) is 0 Å². The third-order valence-electron chi connectivity index (χ3n) is 5.05. The number of carbonyl (C=O) groups is 1. The van der Waals surface area contributed by atoms with Crippen molar-refractivity contribution in [2.24, 2.45) is 0 Å². The lowest BCUT2D eigenvalue weighted by Crippen LogP contribution is -2.11. The molecular weight excluding hydrogens is 406 g/mol. The summed E-state index contributed by atoms with van der Waals surface area (Å²) in [5.74, 6) is -0.317.